The first-order valence-corrected chi connectivity index (χ1v) is 11.5. The molecule has 0 aliphatic carbocycles. The first-order chi connectivity index (χ1) is 15.7. The summed E-state index contributed by atoms with van der Waals surface area (Å²) >= 11 is 1.60. The molecule has 6 nitrogen and oxygen atoms in total. The van der Waals surface area contributed by atoms with Crippen molar-refractivity contribution in [2.24, 2.45) is 0 Å². The molecule has 0 bridgehead atoms. The van der Waals surface area contributed by atoms with E-state index >= 15 is 0 Å². The van der Waals surface area contributed by atoms with Crippen LogP contribution in [0.25, 0.3) is 11.3 Å². The largest absolute Gasteiger partial charge is 0.340 e. The second kappa shape index (κ2) is 8.88. The van der Waals surface area contributed by atoms with Crippen molar-refractivity contribution < 1.29 is 4.79 Å². The molecule has 1 aromatic carbocycles. The topological polar surface area (TPSA) is 71.0 Å². The highest BCUT2D eigenvalue weighted by Gasteiger charge is 2.30. The molecule has 1 N–H and O–H groups in total. The molecule has 32 heavy (non-hydrogen) atoms. The van der Waals surface area contributed by atoms with E-state index in [1.807, 2.05) is 78.0 Å². The van der Waals surface area contributed by atoms with Crippen LogP contribution in [-0.2, 0) is 0 Å². The molecule has 160 valence electrons. The number of nitrogens with zero attached hydrogens (tertiary/aromatic N) is 4. The first-order valence-electron chi connectivity index (χ1n) is 10.6. The highest BCUT2D eigenvalue weighted by molar-refractivity contribution is 7.10. The van der Waals surface area contributed by atoms with Crippen molar-refractivity contribution >= 4 is 28.7 Å². The van der Waals surface area contributed by atoms with Gasteiger partial charge in [0, 0.05) is 59.0 Å². The van der Waals surface area contributed by atoms with Gasteiger partial charge in [-0.15, -0.1) is 11.3 Å². The highest BCUT2D eigenvalue weighted by Crippen LogP contribution is 2.30. The van der Waals surface area contributed by atoms with E-state index in [0.29, 0.717) is 13.1 Å². The van der Waals surface area contributed by atoms with E-state index in [1.165, 1.54) is 0 Å². The Kier molecular flexibility index (Phi) is 5.64. The van der Waals surface area contributed by atoms with Gasteiger partial charge in [-0.2, -0.15) is 0 Å². The average Bonchev–Trinajstić information content (AvgIpc) is 3.49. The van der Waals surface area contributed by atoms with Crippen molar-refractivity contribution in [3.05, 3.63) is 88.6 Å². The van der Waals surface area contributed by atoms with Gasteiger partial charge in [0.25, 0.3) is 5.91 Å². The fourth-order valence-corrected chi connectivity index (χ4v) is 4.61. The predicted octanol–water partition coefficient (Wildman–Crippen LogP) is 5.28. The lowest BCUT2D eigenvalue weighted by molar-refractivity contribution is 0.0791. The van der Waals surface area contributed by atoms with E-state index in [0.717, 1.165) is 45.4 Å². The van der Waals surface area contributed by atoms with Crippen LogP contribution in [0.15, 0.2) is 72.4 Å². The molecule has 3 aromatic heterocycles. The van der Waals surface area contributed by atoms with Crippen LogP contribution in [0, 0.1) is 6.92 Å². The zero-order chi connectivity index (χ0) is 21.9. The number of aryl methyl sites for hydroxylation is 1. The number of carbonyl (C=O) groups is 1. The van der Waals surface area contributed by atoms with E-state index in [2.05, 4.69) is 10.3 Å². The van der Waals surface area contributed by atoms with Gasteiger partial charge < -0.3 is 10.2 Å². The van der Waals surface area contributed by atoms with Gasteiger partial charge in [0.15, 0.2) is 0 Å². The molecule has 0 saturated carbocycles. The predicted molar refractivity (Wildman–Crippen MR) is 127 cm³/mol. The van der Waals surface area contributed by atoms with Gasteiger partial charge in [0.2, 0.25) is 0 Å². The second-order valence-corrected chi connectivity index (χ2v) is 9.03. The van der Waals surface area contributed by atoms with Crippen molar-refractivity contribution in [1.29, 1.82) is 0 Å². The number of pyridine rings is 1. The van der Waals surface area contributed by atoms with Gasteiger partial charge in [-0.25, -0.2) is 9.97 Å². The molecule has 1 saturated heterocycles. The van der Waals surface area contributed by atoms with Crippen molar-refractivity contribution in [2.75, 3.05) is 18.4 Å². The van der Waals surface area contributed by atoms with Crippen LogP contribution >= 0.6 is 11.3 Å². The number of amides is 1. The van der Waals surface area contributed by atoms with Crippen LogP contribution in [0.1, 0.15) is 33.4 Å². The number of thiophene rings is 1. The molecular weight excluding hydrogens is 418 g/mol. The molecule has 4 aromatic rings. The SMILES string of the molecule is Cc1cc(C(=O)N2CCC(c3nc(Nc4ccccc4)cc(-c4cccnc4)n3)C2)cs1. The number of rotatable bonds is 5. The lowest BCUT2D eigenvalue weighted by Gasteiger charge is -2.16. The lowest BCUT2D eigenvalue weighted by atomic mass is 10.1. The van der Waals surface area contributed by atoms with Gasteiger partial charge in [0.1, 0.15) is 11.6 Å². The summed E-state index contributed by atoms with van der Waals surface area (Å²) in [5.41, 5.74) is 3.49. The van der Waals surface area contributed by atoms with E-state index in [9.17, 15) is 4.79 Å². The molecule has 5 rings (SSSR count). The minimum absolute atomic E-state index is 0.0860. The van der Waals surface area contributed by atoms with Crippen molar-refractivity contribution in [1.82, 2.24) is 19.9 Å². The molecule has 1 atom stereocenters. The average molecular weight is 442 g/mol. The molecule has 1 unspecified atom stereocenters. The second-order valence-electron chi connectivity index (χ2n) is 7.91. The standard InChI is InChI=1S/C25H23N5OS/c1-17-12-20(16-32-17)25(31)30-11-9-19(15-30)24-28-22(18-6-5-10-26-14-18)13-23(29-24)27-21-7-3-2-4-8-21/h2-8,10,12-14,16,19H,9,11,15H2,1H3,(H,27,28,29). The number of likely N-dealkylation sites (tertiary alicyclic amines) is 1. The molecule has 1 aliphatic rings. The third-order valence-corrected chi connectivity index (χ3v) is 6.43. The molecule has 0 radical (unpaired) electrons. The third kappa shape index (κ3) is 4.38. The van der Waals surface area contributed by atoms with Crippen LogP contribution in [0.5, 0.6) is 0 Å². The summed E-state index contributed by atoms with van der Waals surface area (Å²) in [5.74, 6) is 1.66. The molecule has 1 fully saturated rings. The number of para-hydroxylation sites is 1. The van der Waals surface area contributed by atoms with Crippen molar-refractivity contribution in [3.63, 3.8) is 0 Å². The number of benzene rings is 1. The van der Waals surface area contributed by atoms with Crippen LogP contribution < -0.4 is 5.32 Å². The highest BCUT2D eigenvalue weighted by atomic mass is 32.1. The summed E-state index contributed by atoms with van der Waals surface area (Å²) in [6.07, 6.45) is 4.40. The van der Waals surface area contributed by atoms with E-state index in [4.69, 9.17) is 9.97 Å². The van der Waals surface area contributed by atoms with Gasteiger partial charge in [-0.05, 0) is 43.7 Å². The Morgan fingerprint density at radius 3 is 2.75 bits per heavy atom. The Balaban J connectivity index is 1.43. The Hall–Kier alpha value is -3.58. The molecule has 1 amide bonds. The number of hydrogen-bond donors (Lipinski definition) is 1. The van der Waals surface area contributed by atoms with Crippen LogP contribution in [-0.4, -0.2) is 38.8 Å². The van der Waals surface area contributed by atoms with Crippen molar-refractivity contribution in [2.45, 2.75) is 19.3 Å². The maximum absolute atomic E-state index is 12.9. The van der Waals surface area contributed by atoms with E-state index < -0.39 is 0 Å². The number of hydrogen-bond acceptors (Lipinski definition) is 6. The van der Waals surface area contributed by atoms with E-state index in [-0.39, 0.29) is 11.8 Å². The summed E-state index contributed by atoms with van der Waals surface area (Å²) in [4.78, 5) is 29.9. The summed E-state index contributed by atoms with van der Waals surface area (Å²) in [5, 5.41) is 5.33. The zero-order valence-electron chi connectivity index (χ0n) is 17.7. The normalized spacial score (nSPS) is 15.7. The fourth-order valence-electron chi connectivity index (χ4n) is 3.94. The Labute approximate surface area is 191 Å². The maximum atomic E-state index is 12.9. The Bertz CT molecular complexity index is 1230. The number of carbonyl (C=O) groups excluding carboxylic acids is 1. The Morgan fingerprint density at radius 1 is 1.12 bits per heavy atom. The zero-order valence-corrected chi connectivity index (χ0v) is 18.5. The van der Waals surface area contributed by atoms with E-state index in [1.54, 1.807) is 17.5 Å². The first kappa shape index (κ1) is 20.3. The fraction of sp³-hybridized carbons (Fsp3) is 0.200. The van der Waals surface area contributed by atoms with Gasteiger partial charge in [-0.3, -0.25) is 9.78 Å². The summed E-state index contributed by atoms with van der Waals surface area (Å²) in [7, 11) is 0. The van der Waals surface area contributed by atoms with Gasteiger partial charge in [-0.1, -0.05) is 18.2 Å². The van der Waals surface area contributed by atoms with Gasteiger partial charge in [0.05, 0.1) is 11.3 Å². The van der Waals surface area contributed by atoms with Crippen LogP contribution in [0.4, 0.5) is 11.5 Å². The molecule has 7 heteroatoms. The molecule has 0 spiro atoms. The minimum atomic E-state index is 0.0860. The van der Waals surface area contributed by atoms with Crippen LogP contribution in [0.3, 0.4) is 0 Å². The third-order valence-electron chi connectivity index (χ3n) is 5.57. The summed E-state index contributed by atoms with van der Waals surface area (Å²) in [6, 6.07) is 17.8. The smallest absolute Gasteiger partial charge is 0.254 e. The summed E-state index contributed by atoms with van der Waals surface area (Å²) < 4.78 is 0. The Morgan fingerprint density at radius 2 is 2.00 bits per heavy atom. The molecule has 1 aliphatic heterocycles. The quantitative estimate of drug-likeness (QED) is 0.456. The molecular formula is C25H23N5OS. The minimum Gasteiger partial charge on any atom is -0.340 e. The number of aromatic nitrogens is 3. The van der Waals surface area contributed by atoms with Crippen LogP contribution in [0.2, 0.25) is 0 Å². The molecule has 4 heterocycles. The van der Waals surface area contributed by atoms with Crippen molar-refractivity contribution in [3.8, 4) is 11.3 Å². The number of nitrogens with one attached hydrogen (secondary N) is 1. The lowest BCUT2D eigenvalue weighted by Crippen LogP contribution is -2.28. The van der Waals surface area contributed by atoms with Gasteiger partial charge >= 0.3 is 0 Å². The monoisotopic (exact) mass is 441 g/mol. The number of anilines is 2. The summed E-state index contributed by atoms with van der Waals surface area (Å²) in [6.45, 7) is 3.35. The maximum Gasteiger partial charge on any atom is 0.254 e.